The second-order valence-corrected chi connectivity index (χ2v) is 4.75. The summed E-state index contributed by atoms with van der Waals surface area (Å²) in [5.41, 5.74) is -0.635. The molecular weight excluding hydrogens is 188 g/mol. The van der Waals surface area contributed by atoms with Crippen LogP contribution in [-0.2, 0) is 4.79 Å². The van der Waals surface area contributed by atoms with Crippen LogP contribution in [0.3, 0.4) is 0 Å². The van der Waals surface area contributed by atoms with Crippen molar-refractivity contribution >= 4 is 5.91 Å². The lowest BCUT2D eigenvalue weighted by Gasteiger charge is -2.37. The maximum absolute atomic E-state index is 12.2. The number of hydrogen-bond acceptors (Lipinski definition) is 2. The largest absolute Gasteiger partial charge is 0.341 e. The SMILES string of the molecule is N#CC1(C(=O)N2CCCCCC2)CCC1. The topological polar surface area (TPSA) is 44.1 Å². The Balaban J connectivity index is 2.02. The monoisotopic (exact) mass is 206 g/mol. The zero-order valence-electron chi connectivity index (χ0n) is 9.17. The molecule has 82 valence electrons. The summed E-state index contributed by atoms with van der Waals surface area (Å²) in [5.74, 6) is 0.109. The number of likely N-dealkylation sites (tertiary alicyclic amines) is 1. The first-order valence-corrected chi connectivity index (χ1v) is 5.99. The summed E-state index contributed by atoms with van der Waals surface area (Å²) in [5, 5.41) is 9.11. The van der Waals surface area contributed by atoms with Gasteiger partial charge in [-0.25, -0.2) is 0 Å². The zero-order valence-corrected chi connectivity index (χ0v) is 9.17. The van der Waals surface area contributed by atoms with Crippen LogP contribution in [0.2, 0.25) is 0 Å². The smallest absolute Gasteiger partial charge is 0.243 e. The van der Waals surface area contributed by atoms with Gasteiger partial charge in [-0.15, -0.1) is 0 Å². The van der Waals surface area contributed by atoms with Gasteiger partial charge in [0.2, 0.25) is 5.91 Å². The highest BCUT2D eigenvalue weighted by Gasteiger charge is 2.46. The summed E-state index contributed by atoms with van der Waals surface area (Å²) in [4.78, 5) is 14.1. The molecule has 0 atom stereocenters. The van der Waals surface area contributed by atoms with Crippen molar-refractivity contribution in [3.8, 4) is 6.07 Å². The second-order valence-electron chi connectivity index (χ2n) is 4.75. The van der Waals surface area contributed by atoms with Crippen molar-refractivity contribution < 1.29 is 4.79 Å². The van der Waals surface area contributed by atoms with Gasteiger partial charge in [0.25, 0.3) is 0 Å². The molecule has 1 aliphatic heterocycles. The van der Waals surface area contributed by atoms with Crippen molar-refractivity contribution in [1.29, 1.82) is 5.26 Å². The number of rotatable bonds is 1. The van der Waals surface area contributed by atoms with Crippen LogP contribution in [0.1, 0.15) is 44.9 Å². The molecule has 0 unspecified atom stereocenters. The van der Waals surface area contributed by atoms with Gasteiger partial charge in [0.1, 0.15) is 5.41 Å². The molecule has 15 heavy (non-hydrogen) atoms. The van der Waals surface area contributed by atoms with Crippen LogP contribution in [0, 0.1) is 16.7 Å². The summed E-state index contributed by atoms with van der Waals surface area (Å²) in [6, 6.07) is 2.24. The molecular formula is C12H18N2O. The molecule has 0 radical (unpaired) electrons. The van der Waals surface area contributed by atoms with Crippen LogP contribution in [-0.4, -0.2) is 23.9 Å². The number of carbonyl (C=O) groups is 1. The van der Waals surface area contributed by atoms with E-state index in [1.54, 1.807) is 0 Å². The highest BCUT2D eigenvalue weighted by atomic mass is 16.2. The van der Waals surface area contributed by atoms with Gasteiger partial charge in [-0.1, -0.05) is 12.8 Å². The molecule has 0 aromatic carbocycles. The number of nitriles is 1. The Morgan fingerprint density at radius 3 is 2.07 bits per heavy atom. The van der Waals surface area contributed by atoms with Crippen molar-refractivity contribution in [1.82, 2.24) is 4.90 Å². The van der Waals surface area contributed by atoms with Gasteiger partial charge in [-0.3, -0.25) is 4.79 Å². The van der Waals surface area contributed by atoms with Crippen LogP contribution in [0.4, 0.5) is 0 Å². The third kappa shape index (κ3) is 1.86. The lowest BCUT2D eigenvalue weighted by molar-refractivity contribution is -0.142. The van der Waals surface area contributed by atoms with Gasteiger partial charge in [0.05, 0.1) is 6.07 Å². The Labute approximate surface area is 91.1 Å². The van der Waals surface area contributed by atoms with Crippen LogP contribution in [0.15, 0.2) is 0 Å². The van der Waals surface area contributed by atoms with Crippen molar-refractivity contribution in [3.05, 3.63) is 0 Å². The Kier molecular flexibility index (Phi) is 2.95. The Hall–Kier alpha value is -1.04. The molecule has 3 heteroatoms. The fourth-order valence-electron chi connectivity index (χ4n) is 2.48. The van der Waals surface area contributed by atoms with Crippen molar-refractivity contribution in [2.45, 2.75) is 44.9 Å². The summed E-state index contributed by atoms with van der Waals surface area (Å²) < 4.78 is 0. The molecule has 2 fully saturated rings. The summed E-state index contributed by atoms with van der Waals surface area (Å²) in [6.07, 6.45) is 7.25. The van der Waals surface area contributed by atoms with E-state index < -0.39 is 5.41 Å². The molecule has 1 amide bonds. The highest BCUT2D eigenvalue weighted by Crippen LogP contribution is 2.42. The van der Waals surface area contributed by atoms with Gasteiger partial charge in [-0.05, 0) is 32.1 Å². The van der Waals surface area contributed by atoms with Gasteiger partial charge in [-0.2, -0.15) is 5.26 Å². The predicted octanol–water partition coefficient (Wildman–Crippen LogP) is 2.08. The predicted molar refractivity (Wildman–Crippen MR) is 56.9 cm³/mol. The second kappa shape index (κ2) is 4.22. The number of carbonyl (C=O) groups excluding carboxylic acids is 1. The van der Waals surface area contributed by atoms with E-state index in [0.29, 0.717) is 0 Å². The summed E-state index contributed by atoms with van der Waals surface area (Å²) in [6.45, 7) is 1.73. The maximum atomic E-state index is 12.2. The molecule has 0 aromatic heterocycles. The van der Waals surface area contributed by atoms with E-state index in [9.17, 15) is 4.79 Å². The molecule has 1 saturated heterocycles. The molecule has 1 heterocycles. The van der Waals surface area contributed by atoms with Gasteiger partial charge < -0.3 is 4.90 Å². The summed E-state index contributed by atoms with van der Waals surface area (Å²) in [7, 11) is 0. The highest BCUT2D eigenvalue weighted by molar-refractivity contribution is 5.86. The molecule has 0 aromatic rings. The fourth-order valence-corrected chi connectivity index (χ4v) is 2.48. The van der Waals surface area contributed by atoms with E-state index in [0.717, 1.165) is 45.2 Å². The van der Waals surface area contributed by atoms with Crippen LogP contribution in [0.5, 0.6) is 0 Å². The molecule has 3 nitrogen and oxygen atoms in total. The first-order valence-electron chi connectivity index (χ1n) is 5.99. The van der Waals surface area contributed by atoms with E-state index in [4.69, 9.17) is 5.26 Å². The minimum Gasteiger partial charge on any atom is -0.341 e. The standard InChI is InChI=1S/C12H18N2O/c13-10-12(6-5-7-12)11(15)14-8-3-1-2-4-9-14/h1-9H2. The van der Waals surface area contributed by atoms with Gasteiger partial charge in [0.15, 0.2) is 0 Å². The van der Waals surface area contributed by atoms with Gasteiger partial charge in [0, 0.05) is 13.1 Å². The maximum Gasteiger partial charge on any atom is 0.243 e. The van der Waals surface area contributed by atoms with Crippen LogP contribution in [0.25, 0.3) is 0 Å². The molecule has 0 spiro atoms. The minimum absolute atomic E-state index is 0.109. The minimum atomic E-state index is -0.635. The molecule has 2 rings (SSSR count). The number of nitrogens with zero attached hydrogens (tertiary/aromatic N) is 2. The third-order valence-electron chi connectivity index (χ3n) is 3.72. The van der Waals surface area contributed by atoms with E-state index in [1.807, 2.05) is 4.90 Å². The first-order chi connectivity index (χ1) is 7.28. The number of hydrogen-bond donors (Lipinski definition) is 0. The Morgan fingerprint density at radius 1 is 1.07 bits per heavy atom. The average Bonchev–Trinajstić information content (AvgIpc) is 2.44. The van der Waals surface area contributed by atoms with E-state index in [2.05, 4.69) is 6.07 Å². The van der Waals surface area contributed by atoms with E-state index in [-0.39, 0.29) is 5.91 Å². The lowest BCUT2D eigenvalue weighted by Crippen LogP contribution is -2.47. The normalized spacial score (nSPS) is 24.9. The molecule has 1 aliphatic carbocycles. The molecule has 1 saturated carbocycles. The number of amides is 1. The molecule has 0 bridgehead atoms. The molecule has 0 N–H and O–H groups in total. The van der Waals surface area contributed by atoms with E-state index >= 15 is 0 Å². The van der Waals surface area contributed by atoms with Crippen LogP contribution < -0.4 is 0 Å². The van der Waals surface area contributed by atoms with Crippen molar-refractivity contribution in [2.75, 3.05) is 13.1 Å². The first kappa shape index (κ1) is 10.5. The Bertz CT molecular complexity index is 280. The summed E-state index contributed by atoms with van der Waals surface area (Å²) >= 11 is 0. The third-order valence-corrected chi connectivity index (χ3v) is 3.72. The van der Waals surface area contributed by atoms with Crippen LogP contribution >= 0.6 is 0 Å². The van der Waals surface area contributed by atoms with Gasteiger partial charge >= 0.3 is 0 Å². The van der Waals surface area contributed by atoms with Crippen molar-refractivity contribution in [3.63, 3.8) is 0 Å². The van der Waals surface area contributed by atoms with Crippen molar-refractivity contribution in [2.24, 2.45) is 5.41 Å². The molecule has 2 aliphatic rings. The zero-order chi connectivity index (χ0) is 10.7. The average molecular weight is 206 g/mol. The fraction of sp³-hybridized carbons (Fsp3) is 0.833. The quantitative estimate of drug-likeness (QED) is 0.659. The lowest BCUT2D eigenvalue weighted by atomic mass is 9.69. The van der Waals surface area contributed by atoms with E-state index in [1.165, 1.54) is 12.8 Å². The Morgan fingerprint density at radius 2 is 1.67 bits per heavy atom.